The van der Waals surface area contributed by atoms with Crippen LogP contribution in [0.5, 0.6) is 0 Å². The average Bonchev–Trinajstić information content (AvgIpc) is 3.10. The van der Waals surface area contributed by atoms with Crippen molar-refractivity contribution in [3.8, 4) is 0 Å². The van der Waals surface area contributed by atoms with Gasteiger partial charge in [0.25, 0.3) is 5.91 Å². The Morgan fingerprint density at radius 3 is 2.76 bits per heavy atom. The number of benzene rings is 1. The molecule has 2 aromatic rings. The molecule has 1 aromatic carbocycles. The van der Waals surface area contributed by atoms with Crippen molar-refractivity contribution in [2.45, 2.75) is 25.8 Å². The Morgan fingerprint density at radius 1 is 1.20 bits per heavy atom. The Kier molecular flexibility index (Phi) is 6.70. The molecule has 1 aromatic heterocycles. The molecule has 0 spiro atoms. The minimum atomic E-state index is -0.894. The molecule has 0 fully saturated rings. The lowest BCUT2D eigenvalue weighted by Crippen LogP contribution is -2.25. The van der Waals surface area contributed by atoms with Crippen molar-refractivity contribution in [3.63, 3.8) is 0 Å². The lowest BCUT2D eigenvalue weighted by molar-refractivity contribution is -0.137. The molecule has 0 aliphatic heterocycles. The van der Waals surface area contributed by atoms with E-state index in [2.05, 4.69) is 15.6 Å². The van der Waals surface area contributed by atoms with Crippen molar-refractivity contribution in [3.05, 3.63) is 48.5 Å². The number of carboxylic acids is 1. The van der Waals surface area contributed by atoms with Crippen LogP contribution in [-0.2, 0) is 16.1 Å². The summed E-state index contributed by atoms with van der Waals surface area (Å²) in [5.41, 5.74) is 0.941. The van der Waals surface area contributed by atoms with Gasteiger partial charge in [0.05, 0.1) is 6.33 Å². The van der Waals surface area contributed by atoms with E-state index in [-0.39, 0.29) is 24.8 Å². The third-order valence-electron chi connectivity index (χ3n) is 3.42. The first-order valence-electron chi connectivity index (χ1n) is 7.90. The number of imidazole rings is 1. The van der Waals surface area contributed by atoms with Crippen LogP contribution in [0.2, 0.25) is 0 Å². The summed E-state index contributed by atoms with van der Waals surface area (Å²) in [6.45, 7) is 0.808. The van der Waals surface area contributed by atoms with E-state index in [1.165, 1.54) is 0 Å². The Morgan fingerprint density at radius 2 is 2.04 bits per heavy atom. The number of nitrogens with zero attached hydrogens (tertiary/aromatic N) is 2. The minimum Gasteiger partial charge on any atom is -0.481 e. The monoisotopic (exact) mass is 344 g/mol. The number of carboxylic acid groups (broad SMARTS) is 1. The van der Waals surface area contributed by atoms with Gasteiger partial charge >= 0.3 is 5.97 Å². The summed E-state index contributed by atoms with van der Waals surface area (Å²) in [6, 6.07) is 6.60. The normalized spacial score (nSPS) is 10.2. The van der Waals surface area contributed by atoms with Gasteiger partial charge in [0.2, 0.25) is 5.91 Å². The highest BCUT2D eigenvalue weighted by molar-refractivity contribution is 5.97. The van der Waals surface area contributed by atoms with Crippen LogP contribution in [0.15, 0.2) is 43.0 Å². The quantitative estimate of drug-likeness (QED) is 0.597. The number of carbonyl (C=O) groups is 3. The fourth-order valence-electron chi connectivity index (χ4n) is 2.15. The number of carbonyl (C=O) groups excluding carboxylic acids is 2. The molecule has 0 saturated carbocycles. The molecule has 0 atom stereocenters. The predicted molar refractivity (Wildman–Crippen MR) is 91.1 cm³/mol. The van der Waals surface area contributed by atoms with Crippen LogP contribution in [0.4, 0.5) is 5.69 Å². The van der Waals surface area contributed by atoms with Crippen molar-refractivity contribution in [1.29, 1.82) is 0 Å². The van der Waals surface area contributed by atoms with Gasteiger partial charge in [-0.3, -0.25) is 14.4 Å². The minimum absolute atomic E-state index is 0.00723. The van der Waals surface area contributed by atoms with Crippen molar-refractivity contribution in [2.24, 2.45) is 0 Å². The molecular weight excluding hydrogens is 324 g/mol. The standard InChI is InChI=1S/C17H20N4O4/c22-15(6-9-21-10-8-18-12-21)20-14-4-1-3-13(11-14)17(25)19-7-2-5-16(23)24/h1,3-4,8,10-12H,2,5-7,9H2,(H,19,25)(H,20,22)(H,23,24). The van der Waals surface area contributed by atoms with E-state index in [0.717, 1.165) is 0 Å². The molecule has 3 N–H and O–H groups in total. The van der Waals surface area contributed by atoms with Gasteiger partial charge in [0, 0.05) is 49.6 Å². The number of nitrogens with one attached hydrogen (secondary N) is 2. The van der Waals surface area contributed by atoms with Crippen molar-refractivity contribution < 1.29 is 19.5 Å². The van der Waals surface area contributed by atoms with Gasteiger partial charge < -0.3 is 20.3 Å². The van der Waals surface area contributed by atoms with Crippen LogP contribution < -0.4 is 10.6 Å². The van der Waals surface area contributed by atoms with Crippen LogP contribution in [0, 0.1) is 0 Å². The summed E-state index contributed by atoms with van der Waals surface area (Å²) in [4.78, 5) is 38.3. The zero-order chi connectivity index (χ0) is 18.1. The molecule has 1 heterocycles. The highest BCUT2D eigenvalue weighted by atomic mass is 16.4. The zero-order valence-electron chi connectivity index (χ0n) is 13.6. The number of aromatic nitrogens is 2. The molecule has 25 heavy (non-hydrogen) atoms. The van der Waals surface area contributed by atoms with Crippen molar-refractivity contribution in [1.82, 2.24) is 14.9 Å². The Bertz CT molecular complexity index is 728. The van der Waals surface area contributed by atoms with Gasteiger partial charge in [0.15, 0.2) is 0 Å². The first kappa shape index (κ1) is 18.2. The predicted octanol–water partition coefficient (Wildman–Crippen LogP) is 1.51. The molecule has 0 bridgehead atoms. The molecule has 0 unspecified atom stereocenters. The summed E-state index contributed by atoms with van der Waals surface area (Å²) in [6.07, 6.45) is 5.74. The Balaban J connectivity index is 1.82. The van der Waals surface area contributed by atoms with E-state index >= 15 is 0 Å². The SMILES string of the molecule is O=C(O)CCCNC(=O)c1cccc(NC(=O)CCn2ccnc2)c1. The maximum atomic E-state index is 12.0. The highest BCUT2D eigenvalue weighted by Crippen LogP contribution is 2.11. The first-order valence-corrected chi connectivity index (χ1v) is 7.90. The Hall–Kier alpha value is -3.16. The lowest BCUT2D eigenvalue weighted by Gasteiger charge is -2.08. The van der Waals surface area contributed by atoms with E-state index in [9.17, 15) is 14.4 Å². The number of rotatable bonds is 9. The van der Waals surface area contributed by atoms with Gasteiger partial charge in [-0.15, -0.1) is 0 Å². The van der Waals surface area contributed by atoms with Gasteiger partial charge in [-0.1, -0.05) is 6.07 Å². The van der Waals surface area contributed by atoms with Gasteiger partial charge in [-0.2, -0.15) is 0 Å². The third kappa shape index (κ3) is 6.46. The second-order valence-electron chi connectivity index (χ2n) is 5.43. The van der Waals surface area contributed by atoms with E-state index in [1.54, 1.807) is 47.6 Å². The van der Waals surface area contributed by atoms with Crippen LogP contribution in [-0.4, -0.2) is 39.0 Å². The van der Waals surface area contributed by atoms with Crippen LogP contribution >= 0.6 is 0 Å². The summed E-state index contributed by atoms with van der Waals surface area (Å²) in [5, 5.41) is 14.0. The van der Waals surface area contributed by atoms with Crippen LogP contribution in [0.25, 0.3) is 0 Å². The third-order valence-corrected chi connectivity index (χ3v) is 3.42. The van der Waals surface area contributed by atoms with E-state index in [0.29, 0.717) is 30.6 Å². The van der Waals surface area contributed by atoms with Crippen LogP contribution in [0.3, 0.4) is 0 Å². The smallest absolute Gasteiger partial charge is 0.303 e. The fourth-order valence-corrected chi connectivity index (χ4v) is 2.15. The number of aliphatic carboxylic acids is 1. The maximum Gasteiger partial charge on any atom is 0.303 e. The summed E-state index contributed by atoms with van der Waals surface area (Å²) < 4.78 is 1.81. The molecule has 8 heteroatoms. The van der Waals surface area contributed by atoms with Crippen molar-refractivity contribution >= 4 is 23.5 Å². The molecule has 0 radical (unpaired) electrons. The molecule has 132 valence electrons. The zero-order valence-corrected chi connectivity index (χ0v) is 13.6. The van der Waals surface area contributed by atoms with Crippen LogP contribution in [0.1, 0.15) is 29.6 Å². The highest BCUT2D eigenvalue weighted by Gasteiger charge is 2.08. The maximum absolute atomic E-state index is 12.0. The van der Waals surface area contributed by atoms with Crippen molar-refractivity contribution in [2.75, 3.05) is 11.9 Å². The first-order chi connectivity index (χ1) is 12.0. The fraction of sp³-hybridized carbons (Fsp3) is 0.294. The largest absolute Gasteiger partial charge is 0.481 e. The topological polar surface area (TPSA) is 113 Å². The molecule has 0 saturated heterocycles. The molecule has 2 rings (SSSR count). The summed E-state index contributed by atoms with van der Waals surface area (Å²) >= 11 is 0. The van der Waals surface area contributed by atoms with E-state index in [4.69, 9.17) is 5.11 Å². The number of hydrogen-bond donors (Lipinski definition) is 3. The second-order valence-corrected chi connectivity index (χ2v) is 5.43. The molecule has 2 amide bonds. The number of anilines is 1. The van der Waals surface area contributed by atoms with Gasteiger partial charge in [-0.25, -0.2) is 4.98 Å². The molecule has 8 nitrogen and oxygen atoms in total. The molecule has 0 aliphatic carbocycles. The van der Waals surface area contributed by atoms with E-state index in [1.807, 2.05) is 0 Å². The van der Waals surface area contributed by atoms with E-state index < -0.39 is 5.97 Å². The molecular formula is C17H20N4O4. The number of hydrogen-bond acceptors (Lipinski definition) is 4. The Labute approximate surface area is 144 Å². The lowest BCUT2D eigenvalue weighted by atomic mass is 10.2. The summed E-state index contributed by atoms with van der Waals surface area (Å²) in [7, 11) is 0. The number of amides is 2. The number of aryl methyl sites for hydroxylation is 1. The van der Waals surface area contributed by atoms with Gasteiger partial charge in [-0.05, 0) is 24.6 Å². The van der Waals surface area contributed by atoms with Gasteiger partial charge in [0.1, 0.15) is 0 Å². The molecule has 0 aliphatic rings. The summed E-state index contributed by atoms with van der Waals surface area (Å²) in [5.74, 6) is -1.36. The second kappa shape index (κ2) is 9.21. The average molecular weight is 344 g/mol.